The van der Waals surface area contributed by atoms with E-state index in [0.717, 1.165) is 37.1 Å². The molecule has 0 radical (unpaired) electrons. The minimum absolute atomic E-state index is 0.120. The number of urea groups is 1. The minimum atomic E-state index is -0.120. The first kappa shape index (κ1) is 17.9. The Kier molecular flexibility index (Phi) is 7.09. The van der Waals surface area contributed by atoms with Crippen LogP contribution in [0, 0.1) is 6.92 Å². The molecule has 0 saturated heterocycles. The monoisotopic (exact) mass is 308 g/mol. The van der Waals surface area contributed by atoms with Crippen LogP contribution in [0.3, 0.4) is 0 Å². The van der Waals surface area contributed by atoms with E-state index in [1.54, 1.807) is 0 Å². The molecular formula is C17H28N2OS. The zero-order valence-electron chi connectivity index (χ0n) is 13.9. The molecule has 21 heavy (non-hydrogen) atoms. The second kappa shape index (κ2) is 8.32. The van der Waals surface area contributed by atoms with E-state index < -0.39 is 0 Å². The van der Waals surface area contributed by atoms with Gasteiger partial charge in [0.25, 0.3) is 0 Å². The summed E-state index contributed by atoms with van der Waals surface area (Å²) in [7, 11) is 0. The summed E-state index contributed by atoms with van der Waals surface area (Å²) in [4.78, 5) is 13.0. The average Bonchev–Trinajstić information content (AvgIpc) is 2.36. The highest BCUT2D eigenvalue weighted by atomic mass is 32.2. The second-order valence-corrected chi connectivity index (χ2v) is 8.18. The molecule has 3 nitrogen and oxygen atoms in total. The van der Waals surface area contributed by atoms with E-state index in [1.165, 1.54) is 4.90 Å². The molecule has 0 aliphatic carbocycles. The lowest BCUT2D eigenvalue weighted by Gasteiger charge is -2.18. The van der Waals surface area contributed by atoms with Gasteiger partial charge >= 0.3 is 6.03 Å². The number of rotatable bonds is 6. The topological polar surface area (TPSA) is 41.1 Å². The lowest BCUT2D eigenvalue weighted by Crippen LogP contribution is -2.29. The maximum atomic E-state index is 11.8. The number of unbranched alkanes of at least 4 members (excludes halogenated alkanes) is 2. The third-order valence-electron chi connectivity index (χ3n) is 2.94. The molecule has 0 heterocycles. The largest absolute Gasteiger partial charge is 0.338 e. The Balaban J connectivity index is 2.54. The molecule has 1 rings (SSSR count). The number of benzene rings is 1. The lowest BCUT2D eigenvalue weighted by molar-refractivity contribution is 0.252. The van der Waals surface area contributed by atoms with E-state index >= 15 is 0 Å². The summed E-state index contributed by atoms with van der Waals surface area (Å²) in [6.07, 6.45) is 3.34. The van der Waals surface area contributed by atoms with E-state index in [1.807, 2.05) is 24.8 Å². The Morgan fingerprint density at radius 1 is 1.24 bits per heavy atom. The normalized spacial score (nSPS) is 11.3. The van der Waals surface area contributed by atoms with Gasteiger partial charge < -0.3 is 10.6 Å². The molecule has 1 aromatic carbocycles. The Bertz CT molecular complexity index is 466. The summed E-state index contributed by atoms with van der Waals surface area (Å²) in [5, 5.41) is 5.81. The van der Waals surface area contributed by atoms with Crippen molar-refractivity contribution in [1.29, 1.82) is 0 Å². The SMILES string of the molecule is CCCCCNC(=O)Nc1ccc(SC(C)(C)C)cc1C. The third kappa shape index (κ3) is 7.42. The van der Waals surface area contributed by atoms with Crippen LogP contribution in [0.4, 0.5) is 10.5 Å². The van der Waals surface area contributed by atoms with Crippen molar-refractivity contribution in [3.63, 3.8) is 0 Å². The lowest BCUT2D eigenvalue weighted by atomic mass is 10.2. The zero-order valence-corrected chi connectivity index (χ0v) is 14.7. The number of amides is 2. The quantitative estimate of drug-likeness (QED) is 0.560. The molecule has 0 bridgehead atoms. The highest BCUT2D eigenvalue weighted by molar-refractivity contribution is 8.00. The van der Waals surface area contributed by atoms with E-state index in [2.05, 4.69) is 50.5 Å². The van der Waals surface area contributed by atoms with E-state index in [0.29, 0.717) is 0 Å². The van der Waals surface area contributed by atoms with Crippen molar-refractivity contribution < 1.29 is 4.79 Å². The van der Waals surface area contributed by atoms with Crippen molar-refractivity contribution in [3.8, 4) is 0 Å². The number of nitrogens with one attached hydrogen (secondary N) is 2. The number of carbonyl (C=O) groups excluding carboxylic acids is 1. The second-order valence-electron chi connectivity index (χ2n) is 6.28. The van der Waals surface area contributed by atoms with Gasteiger partial charge in [0.15, 0.2) is 0 Å². The molecule has 2 N–H and O–H groups in total. The van der Waals surface area contributed by atoms with Crippen LogP contribution in [0.15, 0.2) is 23.1 Å². The maximum Gasteiger partial charge on any atom is 0.319 e. The van der Waals surface area contributed by atoms with Gasteiger partial charge in [-0.3, -0.25) is 0 Å². The van der Waals surface area contributed by atoms with E-state index in [9.17, 15) is 4.79 Å². The summed E-state index contributed by atoms with van der Waals surface area (Å²) in [6, 6.07) is 6.05. The Morgan fingerprint density at radius 3 is 2.52 bits per heavy atom. The average molecular weight is 308 g/mol. The predicted molar refractivity (Wildman–Crippen MR) is 93.3 cm³/mol. The fourth-order valence-corrected chi connectivity index (χ4v) is 3.02. The van der Waals surface area contributed by atoms with Crippen molar-refractivity contribution in [2.75, 3.05) is 11.9 Å². The van der Waals surface area contributed by atoms with E-state index in [-0.39, 0.29) is 10.8 Å². The highest BCUT2D eigenvalue weighted by Gasteiger charge is 2.13. The van der Waals surface area contributed by atoms with Crippen molar-refractivity contribution in [1.82, 2.24) is 5.32 Å². The van der Waals surface area contributed by atoms with Crippen molar-refractivity contribution in [3.05, 3.63) is 23.8 Å². The van der Waals surface area contributed by atoms with Crippen LogP contribution in [0.5, 0.6) is 0 Å². The number of carbonyl (C=O) groups is 1. The summed E-state index contributed by atoms with van der Waals surface area (Å²) in [5.41, 5.74) is 1.97. The molecule has 0 aromatic heterocycles. The molecule has 1 aromatic rings. The number of thioether (sulfide) groups is 1. The van der Waals surface area contributed by atoms with Gasteiger partial charge in [-0.05, 0) is 37.1 Å². The van der Waals surface area contributed by atoms with Gasteiger partial charge in [-0.2, -0.15) is 0 Å². The summed E-state index contributed by atoms with van der Waals surface area (Å²) >= 11 is 1.83. The molecule has 0 aliphatic rings. The molecule has 0 unspecified atom stereocenters. The predicted octanol–water partition coefficient (Wildman–Crippen LogP) is 5.20. The van der Waals surface area contributed by atoms with Gasteiger partial charge in [-0.1, -0.05) is 40.5 Å². The van der Waals surface area contributed by atoms with Crippen molar-refractivity contribution >= 4 is 23.5 Å². The van der Waals surface area contributed by atoms with E-state index in [4.69, 9.17) is 0 Å². The van der Waals surface area contributed by atoms with Crippen LogP contribution in [0.25, 0.3) is 0 Å². The van der Waals surface area contributed by atoms with Crippen LogP contribution in [0.1, 0.15) is 52.5 Å². The van der Waals surface area contributed by atoms with Gasteiger partial charge in [0, 0.05) is 21.9 Å². The first-order valence-electron chi connectivity index (χ1n) is 7.66. The number of aryl methyl sites for hydroxylation is 1. The first-order chi connectivity index (χ1) is 9.81. The number of hydrogen-bond donors (Lipinski definition) is 2. The van der Waals surface area contributed by atoms with Crippen LogP contribution in [0.2, 0.25) is 0 Å². The zero-order chi connectivity index (χ0) is 15.9. The highest BCUT2D eigenvalue weighted by Crippen LogP contribution is 2.33. The molecule has 0 fully saturated rings. The standard InChI is InChI=1S/C17H28N2OS/c1-6-7-8-11-18-16(20)19-15-10-9-14(12-13(15)2)21-17(3,4)5/h9-10,12H,6-8,11H2,1-5H3,(H2,18,19,20). The molecule has 2 amide bonds. The number of hydrogen-bond acceptors (Lipinski definition) is 2. The van der Waals surface area contributed by atoms with Gasteiger partial charge in [-0.25, -0.2) is 4.79 Å². The van der Waals surface area contributed by atoms with Crippen molar-refractivity contribution in [2.24, 2.45) is 0 Å². The minimum Gasteiger partial charge on any atom is -0.338 e. The third-order valence-corrected chi connectivity index (χ3v) is 4.04. The molecule has 0 saturated carbocycles. The van der Waals surface area contributed by atoms with Gasteiger partial charge in [0.2, 0.25) is 0 Å². The molecule has 0 spiro atoms. The van der Waals surface area contributed by atoms with Crippen molar-refractivity contribution in [2.45, 2.75) is 63.5 Å². The fourth-order valence-electron chi connectivity index (χ4n) is 1.94. The fraction of sp³-hybridized carbons (Fsp3) is 0.588. The van der Waals surface area contributed by atoms with Gasteiger partial charge in [-0.15, -0.1) is 11.8 Å². The van der Waals surface area contributed by atoms with Crippen LogP contribution in [-0.4, -0.2) is 17.3 Å². The Labute approximate surface area is 133 Å². The molecule has 0 atom stereocenters. The van der Waals surface area contributed by atoms with Crippen LogP contribution < -0.4 is 10.6 Å². The summed E-state index contributed by atoms with van der Waals surface area (Å²) in [5.74, 6) is 0. The Hall–Kier alpha value is -1.16. The van der Waals surface area contributed by atoms with Gasteiger partial charge in [0.05, 0.1) is 0 Å². The maximum absolute atomic E-state index is 11.8. The summed E-state index contributed by atoms with van der Waals surface area (Å²) in [6.45, 7) is 11.5. The van der Waals surface area contributed by atoms with Crippen LogP contribution >= 0.6 is 11.8 Å². The molecule has 118 valence electrons. The molecule has 4 heteroatoms. The summed E-state index contributed by atoms with van der Waals surface area (Å²) < 4.78 is 0.192. The molecular weight excluding hydrogens is 280 g/mol. The smallest absolute Gasteiger partial charge is 0.319 e. The van der Waals surface area contributed by atoms with Gasteiger partial charge in [0.1, 0.15) is 0 Å². The molecule has 0 aliphatic heterocycles. The first-order valence-corrected chi connectivity index (χ1v) is 8.48. The van der Waals surface area contributed by atoms with Crippen LogP contribution in [-0.2, 0) is 0 Å². The Morgan fingerprint density at radius 2 is 1.95 bits per heavy atom. The number of anilines is 1.